The molecule has 1 saturated heterocycles. The average Bonchev–Trinajstić information content (AvgIpc) is 3.06. The van der Waals surface area contributed by atoms with E-state index in [1.54, 1.807) is 48.5 Å². The van der Waals surface area contributed by atoms with Crippen LogP contribution in [-0.4, -0.2) is 67.3 Å². The lowest BCUT2D eigenvalue weighted by Crippen LogP contribution is -2.36. The maximum Gasteiger partial charge on any atom is 0.295 e. The molecule has 1 aliphatic rings. The van der Waals surface area contributed by atoms with Crippen LogP contribution in [0.15, 0.2) is 54.1 Å². The van der Waals surface area contributed by atoms with Crippen molar-refractivity contribution in [3.63, 3.8) is 0 Å². The fourth-order valence-electron chi connectivity index (χ4n) is 3.64. The molecule has 2 aromatic carbocycles. The van der Waals surface area contributed by atoms with E-state index in [2.05, 4.69) is 5.32 Å². The van der Waals surface area contributed by atoms with Crippen LogP contribution in [0.2, 0.25) is 0 Å². The van der Waals surface area contributed by atoms with E-state index in [0.717, 1.165) is 0 Å². The summed E-state index contributed by atoms with van der Waals surface area (Å²) in [4.78, 5) is 27.2. The van der Waals surface area contributed by atoms with Crippen LogP contribution >= 0.6 is 0 Å². The molecule has 1 heterocycles. The Kier molecular flexibility index (Phi) is 7.28. The fourth-order valence-corrected chi connectivity index (χ4v) is 3.64. The van der Waals surface area contributed by atoms with Gasteiger partial charge in [0.1, 0.15) is 5.76 Å². The zero-order chi connectivity index (χ0) is 22.4. The summed E-state index contributed by atoms with van der Waals surface area (Å²) in [5.74, 6) is -0.713. The molecule has 0 aliphatic carbocycles. The van der Waals surface area contributed by atoms with Crippen LogP contribution in [0.1, 0.15) is 17.2 Å². The first-order valence-electron chi connectivity index (χ1n) is 9.90. The van der Waals surface area contributed by atoms with Gasteiger partial charge in [-0.2, -0.15) is 0 Å². The van der Waals surface area contributed by atoms with E-state index in [4.69, 9.17) is 14.6 Å². The predicted octanol–water partition coefficient (Wildman–Crippen LogP) is 1.71. The lowest BCUT2D eigenvalue weighted by Gasteiger charge is -2.26. The van der Waals surface area contributed by atoms with E-state index in [1.165, 1.54) is 19.1 Å². The lowest BCUT2D eigenvalue weighted by atomic mass is 9.95. The standard InChI is InChI=1S/C23H26N2O6/c1-30-17-9-8-16(14-18(17)31-2)20-19(21(27)15-6-4-3-5-7-15)22(28)23(29)25(20)12-10-24-11-13-26/h3-9,14,20,24,26-27H,10-13H2,1-2H3/b21-19+. The molecule has 2 aromatic rings. The number of hydrogen-bond acceptors (Lipinski definition) is 7. The van der Waals surface area contributed by atoms with Crippen LogP contribution < -0.4 is 14.8 Å². The first kappa shape index (κ1) is 22.3. The minimum atomic E-state index is -0.795. The molecule has 3 N–H and O–H groups in total. The van der Waals surface area contributed by atoms with Crippen LogP contribution in [0, 0.1) is 0 Å². The van der Waals surface area contributed by atoms with Crippen LogP contribution in [0.3, 0.4) is 0 Å². The van der Waals surface area contributed by atoms with Crippen molar-refractivity contribution >= 4 is 17.4 Å². The maximum atomic E-state index is 13.0. The highest BCUT2D eigenvalue weighted by molar-refractivity contribution is 6.46. The monoisotopic (exact) mass is 426 g/mol. The van der Waals surface area contributed by atoms with Crippen LogP contribution in [-0.2, 0) is 9.59 Å². The Morgan fingerprint density at radius 3 is 2.39 bits per heavy atom. The van der Waals surface area contributed by atoms with E-state index in [1.807, 2.05) is 0 Å². The first-order chi connectivity index (χ1) is 15.0. The minimum Gasteiger partial charge on any atom is -0.507 e. The van der Waals surface area contributed by atoms with Crippen molar-refractivity contribution in [3.8, 4) is 11.5 Å². The Morgan fingerprint density at radius 2 is 1.74 bits per heavy atom. The van der Waals surface area contributed by atoms with Gasteiger partial charge in [0.2, 0.25) is 0 Å². The summed E-state index contributed by atoms with van der Waals surface area (Å²) in [6.45, 7) is 0.929. The summed E-state index contributed by atoms with van der Waals surface area (Å²) in [5, 5.41) is 22.9. The molecule has 0 saturated carbocycles. The van der Waals surface area contributed by atoms with Gasteiger partial charge in [-0.15, -0.1) is 0 Å². The van der Waals surface area contributed by atoms with Gasteiger partial charge in [-0.25, -0.2) is 0 Å². The number of likely N-dealkylation sites (tertiary alicyclic amines) is 1. The van der Waals surface area contributed by atoms with Crippen molar-refractivity contribution in [1.82, 2.24) is 10.2 Å². The van der Waals surface area contributed by atoms with Crippen LogP contribution in [0.4, 0.5) is 0 Å². The second kappa shape index (κ2) is 10.1. The topological polar surface area (TPSA) is 108 Å². The lowest BCUT2D eigenvalue weighted by molar-refractivity contribution is -0.139. The van der Waals surface area contributed by atoms with Crippen molar-refractivity contribution < 1.29 is 29.3 Å². The third-order valence-corrected chi connectivity index (χ3v) is 5.13. The van der Waals surface area contributed by atoms with Crippen molar-refractivity contribution in [3.05, 3.63) is 65.2 Å². The van der Waals surface area contributed by atoms with Gasteiger partial charge < -0.3 is 29.9 Å². The molecular weight excluding hydrogens is 400 g/mol. The number of nitrogens with one attached hydrogen (secondary N) is 1. The molecule has 1 unspecified atom stereocenters. The fraction of sp³-hybridized carbons (Fsp3) is 0.304. The number of nitrogens with zero attached hydrogens (tertiary/aromatic N) is 1. The average molecular weight is 426 g/mol. The third-order valence-electron chi connectivity index (χ3n) is 5.13. The molecule has 1 aliphatic heterocycles. The molecule has 31 heavy (non-hydrogen) atoms. The Bertz CT molecular complexity index is 973. The van der Waals surface area contributed by atoms with E-state index in [-0.39, 0.29) is 24.5 Å². The van der Waals surface area contributed by atoms with Crippen LogP contribution in [0.25, 0.3) is 5.76 Å². The van der Waals surface area contributed by atoms with Gasteiger partial charge in [0.15, 0.2) is 11.5 Å². The van der Waals surface area contributed by atoms with Crippen LogP contribution in [0.5, 0.6) is 11.5 Å². The van der Waals surface area contributed by atoms with E-state index in [0.29, 0.717) is 35.7 Å². The van der Waals surface area contributed by atoms with Gasteiger partial charge in [-0.05, 0) is 17.7 Å². The quantitative estimate of drug-likeness (QED) is 0.242. The molecule has 0 radical (unpaired) electrons. The first-order valence-corrected chi connectivity index (χ1v) is 9.90. The Morgan fingerprint density at radius 1 is 1.03 bits per heavy atom. The van der Waals surface area contributed by atoms with Gasteiger partial charge in [0, 0.05) is 25.2 Å². The SMILES string of the molecule is COc1ccc(C2/C(=C(\O)c3ccccc3)C(=O)C(=O)N2CCNCCO)cc1OC. The number of rotatable bonds is 9. The summed E-state index contributed by atoms with van der Waals surface area (Å²) in [6, 6.07) is 13.0. The number of carbonyl (C=O) groups is 2. The van der Waals surface area contributed by atoms with Crippen molar-refractivity contribution in [2.24, 2.45) is 0 Å². The summed E-state index contributed by atoms with van der Waals surface area (Å²) in [6.07, 6.45) is 0. The predicted molar refractivity (Wildman–Crippen MR) is 115 cm³/mol. The van der Waals surface area contributed by atoms with Crippen molar-refractivity contribution in [2.75, 3.05) is 40.5 Å². The molecule has 3 rings (SSSR count). The number of benzene rings is 2. The molecule has 8 heteroatoms. The molecule has 8 nitrogen and oxygen atoms in total. The smallest absolute Gasteiger partial charge is 0.295 e. The van der Waals surface area contributed by atoms with Gasteiger partial charge in [0.25, 0.3) is 11.7 Å². The number of hydrogen-bond donors (Lipinski definition) is 3. The molecule has 0 bridgehead atoms. The van der Waals surface area contributed by atoms with E-state index in [9.17, 15) is 14.7 Å². The minimum absolute atomic E-state index is 0.0191. The van der Waals surface area contributed by atoms with E-state index >= 15 is 0 Å². The van der Waals surface area contributed by atoms with Gasteiger partial charge in [-0.1, -0.05) is 36.4 Å². The highest BCUT2D eigenvalue weighted by atomic mass is 16.5. The number of aliphatic hydroxyl groups excluding tert-OH is 2. The van der Waals surface area contributed by atoms with Crippen molar-refractivity contribution in [2.45, 2.75) is 6.04 Å². The normalized spacial score (nSPS) is 17.8. The molecule has 1 amide bonds. The number of amides is 1. The zero-order valence-corrected chi connectivity index (χ0v) is 17.5. The molecular formula is C23H26N2O6. The van der Waals surface area contributed by atoms with Gasteiger partial charge in [-0.3, -0.25) is 9.59 Å². The number of carbonyl (C=O) groups excluding carboxylic acids is 2. The largest absolute Gasteiger partial charge is 0.507 e. The number of ether oxygens (including phenoxy) is 2. The number of aliphatic hydroxyl groups is 2. The highest BCUT2D eigenvalue weighted by Gasteiger charge is 2.46. The summed E-state index contributed by atoms with van der Waals surface area (Å²) < 4.78 is 10.7. The van der Waals surface area contributed by atoms with Crippen molar-refractivity contribution in [1.29, 1.82) is 0 Å². The summed E-state index contributed by atoms with van der Waals surface area (Å²) >= 11 is 0. The molecule has 1 fully saturated rings. The number of methoxy groups -OCH3 is 2. The third kappa shape index (κ3) is 4.55. The molecule has 0 aromatic heterocycles. The maximum absolute atomic E-state index is 13.0. The zero-order valence-electron chi connectivity index (χ0n) is 17.5. The Hall–Kier alpha value is -3.36. The second-order valence-corrected chi connectivity index (χ2v) is 6.95. The molecule has 1 atom stereocenters. The number of ketones is 1. The van der Waals surface area contributed by atoms with Gasteiger partial charge in [0.05, 0.1) is 32.4 Å². The molecule has 0 spiro atoms. The Labute approximate surface area is 180 Å². The number of Topliss-reactive ketones (excluding diaryl/α,β-unsaturated/α-hetero) is 1. The highest BCUT2D eigenvalue weighted by Crippen LogP contribution is 2.41. The second-order valence-electron chi connectivity index (χ2n) is 6.95. The molecule has 164 valence electrons. The van der Waals surface area contributed by atoms with E-state index < -0.39 is 17.7 Å². The summed E-state index contributed by atoms with van der Waals surface area (Å²) in [7, 11) is 3.02. The summed E-state index contributed by atoms with van der Waals surface area (Å²) in [5.41, 5.74) is 1.08. The van der Waals surface area contributed by atoms with Gasteiger partial charge >= 0.3 is 0 Å². The Balaban J connectivity index is 2.10.